The van der Waals surface area contributed by atoms with E-state index in [1.54, 1.807) is 29.7 Å². The van der Waals surface area contributed by atoms with Crippen molar-refractivity contribution >= 4 is 28.6 Å². The van der Waals surface area contributed by atoms with Gasteiger partial charge in [0, 0.05) is 30.6 Å². The monoisotopic (exact) mass is 400 g/mol. The van der Waals surface area contributed by atoms with Crippen LogP contribution >= 0.6 is 0 Å². The Morgan fingerprint density at radius 3 is 2.52 bits per heavy atom. The Morgan fingerprint density at radius 1 is 1.14 bits per heavy atom. The van der Waals surface area contributed by atoms with Crippen LogP contribution in [0.3, 0.4) is 0 Å². The molecule has 2 aromatic carbocycles. The fourth-order valence-electron chi connectivity index (χ4n) is 3.80. The van der Waals surface area contributed by atoms with Crippen LogP contribution in [0.15, 0.2) is 48.5 Å². The molecular weight excluding hydrogens is 378 g/mol. The second kappa shape index (κ2) is 7.79. The van der Waals surface area contributed by atoms with E-state index in [2.05, 4.69) is 10.3 Å². The fraction of sp³-hybridized carbons (Fsp3) is 0.333. The summed E-state index contributed by atoms with van der Waals surface area (Å²) in [5.74, 6) is -2.33. The average Bonchev–Trinajstić information content (AvgIpc) is 3.06. The number of aromatic nitrogens is 2. The molecule has 1 amide bonds. The van der Waals surface area contributed by atoms with Crippen LogP contribution in [0.4, 0.5) is 20.4 Å². The van der Waals surface area contributed by atoms with Gasteiger partial charge in [-0.05, 0) is 55.2 Å². The van der Waals surface area contributed by atoms with Gasteiger partial charge in [0.25, 0.3) is 5.91 Å². The Bertz CT molecular complexity index is 1010. The molecule has 6 nitrogen and oxygen atoms in total. The topological polar surface area (TPSA) is 79.2 Å². The smallest absolute Gasteiger partial charge is 0.274 e. The summed E-state index contributed by atoms with van der Waals surface area (Å²) in [5, 5.41) is 12.0. The number of amides is 1. The van der Waals surface area contributed by atoms with Crippen LogP contribution in [0.2, 0.25) is 0 Å². The molecule has 1 saturated carbocycles. The number of nitrogens with zero attached hydrogens (tertiary/aromatic N) is 2. The van der Waals surface area contributed by atoms with Gasteiger partial charge in [0.2, 0.25) is 11.9 Å². The molecule has 0 radical (unpaired) electrons. The van der Waals surface area contributed by atoms with Gasteiger partial charge in [-0.15, -0.1) is 0 Å². The molecule has 1 fully saturated rings. The highest BCUT2D eigenvalue weighted by molar-refractivity contribution is 5.93. The summed E-state index contributed by atoms with van der Waals surface area (Å²) in [5.41, 5.74) is 4.43. The van der Waals surface area contributed by atoms with Crippen molar-refractivity contribution in [2.75, 3.05) is 5.32 Å². The number of carbonyl (C=O) groups excluding carboxylic acids is 1. The molecular formula is C21H22F2N4O2. The molecule has 3 aromatic rings. The molecule has 3 N–H and O–H groups in total. The van der Waals surface area contributed by atoms with Gasteiger partial charge in [0.1, 0.15) is 0 Å². The van der Waals surface area contributed by atoms with Crippen molar-refractivity contribution in [3.05, 3.63) is 54.1 Å². The Balaban J connectivity index is 1.59. The van der Waals surface area contributed by atoms with Crippen LogP contribution < -0.4 is 10.8 Å². The number of hydrogen-bond donors (Lipinski definition) is 3. The number of hydroxylamine groups is 1. The van der Waals surface area contributed by atoms with Crippen molar-refractivity contribution < 1.29 is 18.8 Å². The fourth-order valence-corrected chi connectivity index (χ4v) is 3.80. The molecule has 4 rings (SSSR count). The van der Waals surface area contributed by atoms with Gasteiger partial charge in [-0.25, -0.2) is 19.2 Å². The van der Waals surface area contributed by atoms with E-state index in [1.165, 1.54) is 0 Å². The minimum absolute atomic E-state index is 0.0680. The number of rotatable bonds is 5. The zero-order valence-electron chi connectivity index (χ0n) is 15.7. The summed E-state index contributed by atoms with van der Waals surface area (Å²) in [4.78, 5) is 16.1. The molecule has 0 spiro atoms. The van der Waals surface area contributed by atoms with Crippen molar-refractivity contribution in [2.24, 2.45) is 5.92 Å². The average molecular weight is 400 g/mol. The molecule has 1 heterocycles. The second-order valence-corrected chi connectivity index (χ2v) is 7.48. The summed E-state index contributed by atoms with van der Waals surface area (Å²) >= 11 is 0. The lowest BCUT2D eigenvalue weighted by Crippen LogP contribution is -2.27. The predicted octanol–water partition coefficient (Wildman–Crippen LogP) is 4.72. The van der Waals surface area contributed by atoms with E-state index in [9.17, 15) is 13.6 Å². The first-order chi connectivity index (χ1) is 13.9. The molecule has 0 atom stereocenters. The molecule has 29 heavy (non-hydrogen) atoms. The summed E-state index contributed by atoms with van der Waals surface area (Å²) in [6.45, 7) is 0.615. The van der Waals surface area contributed by atoms with Gasteiger partial charge in [0.05, 0.1) is 11.0 Å². The van der Waals surface area contributed by atoms with Gasteiger partial charge in [-0.3, -0.25) is 10.0 Å². The molecule has 1 aromatic heterocycles. The summed E-state index contributed by atoms with van der Waals surface area (Å²) < 4.78 is 29.1. The van der Waals surface area contributed by atoms with Crippen LogP contribution in [0.25, 0.3) is 11.0 Å². The maximum atomic E-state index is 13.5. The highest BCUT2D eigenvalue weighted by Crippen LogP contribution is 2.37. The SMILES string of the molecule is O=C(NO)c1ccc(Nc2nc3ccccc3n2CC2CCC(F)(F)CC2)cc1. The van der Waals surface area contributed by atoms with Crippen molar-refractivity contribution in [2.45, 2.75) is 38.2 Å². The first-order valence-corrected chi connectivity index (χ1v) is 9.60. The summed E-state index contributed by atoms with van der Waals surface area (Å²) in [6.07, 6.45) is 0.844. The number of anilines is 2. The number of carbonyl (C=O) groups is 1. The normalized spacial score (nSPS) is 16.7. The Hall–Kier alpha value is -3.00. The van der Waals surface area contributed by atoms with E-state index in [4.69, 9.17) is 5.21 Å². The number of alkyl halides is 2. The lowest BCUT2D eigenvalue weighted by Gasteiger charge is -2.29. The van der Waals surface area contributed by atoms with Gasteiger partial charge in [0.15, 0.2) is 0 Å². The van der Waals surface area contributed by atoms with Crippen LogP contribution in [-0.2, 0) is 6.54 Å². The number of hydrogen-bond acceptors (Lipinski definition) is 4. The number of imidazole rings is 1. The maximum absolute atomic E-state index is 13.5. The van der Waals surface area contributed by atoms with E-state index in [0.717, 1.165) is 16.7 Å². The first kappa shape index (κ1) is 19.3. The molecule has 1 aliphatic rings. The lowest BCUT2D eigenvalue weighted by atomic mass is 9.86. The van der Waals surface area contributed by atoms with Crippen molar-refractivity contribution in [3.8, 4) is 0 Å². The van der Waals surface area contributed by atoms with Crippen molar-refractivity contribution in [3.63, 3.8) is 0 Å². The van der Waals surface area contributed by atoms with Gasteiger partial charge < -0.3 is 9.88 Å². The Kier molecular flexibility index (Phi) is 5.19. The highest BCUT2D eigenvalue weighted by Gasteiger charge is 2.35. The van der Waals surface area contributed by atoms with E-state index < -0.39 is 11.8 Å². The zero-order valence-corrected chi connectivity index (χ0v) is 15.7. The zero-order chi connectivity index (χ0) is 20.4. The second-order valence-electron chi connectivity index (χ2n) is 7.48. The standard InChI is InChI=1S/C21H22F2N4O2/c22-21(23)11-9-14(10-12-21)13-27-18-4-2-1-3-17(18)25-20(27)24-16-7-5-15(6-8-16)19(28)26-29/h1-8,14,29H,9-13H2,(H,24,25)(H,26,28). The van der Waals surface area contributed by atoms with Gasteiger partial charge >= 0.3 is 0 Å². The molecule has 8 heteroatoms. The van der Waals surface area contributed by atoms with E-state index >= 15 is 0 Å². The molecule has 152 valence electrons. The third-order valence-electron chi connectivity index (χ3n) is 5.44. The summed E-state index contributed by atoms with van der Waals surface area (Å²) in [6, 6.07) is 14.3. The number of nitrogens with one attached hydrogen (secondary N) is 2. The third-order valence-corrected chi connectivity index (χ3v) is 5.44. The van der Waals surface area contributed by atoms with Crippen LogP contribution in [-0.4, -0.2) is 26.6 Å². The Morgan fingerprint density at radius 2 is 1.83 bits per heavy atom. The van der Waals surface area contributed by atoms with Crippen LogP contribution in [0.1, 0.15) is 36.0 Å². The van der Waals surface area contributed by atoms with Gasteiger partial charge in [-0.1, -0.05) is 12.1 Å². The molecule has 0 bridgehead atoms. The number of fused-ring (bicyclic) bond motifs is 1. The third kappa shape index (κ3) is 4.22. The maximum Gasteiger partial charge on any atom is 0.274 e. The van der Waals surface area contributed by atoms with E-state index in [-0.39, 0.29) is 18.8 Å². The quantitative estimate of drug-likeness (QED) is 0.428. The molecule has 1 aliphatic carbocycles. The predicted molar refractivity (Wildman–Crippen MR) is 106 cm³/mol. The minimum atomic E-state index is -2.54. The van der Waals surface area contributed by atoms with E-state index in [0.29, 0.717) is 30.9 Å². The van der Waals surface area contributed by atoms with Crippen LogP contribution in [0, 0.1) is 5.92 Å². The number of halogens is 2. The Labute approximate surface area is 166 Å². The highest BCUT2D eigenvalue weighted by atomic mass is 19.3. The van der Waals surface area contributed by atoms with Crippen molar-refractivity contribution in [1.82, 2.24) is 15.0 Å². The summed E-state index contributed by atoms with van der Waals surface area (Å²) in [7, 11) is 0. The number of para-hydroxylation sites is 2. The first-order valence-electron chi connectivity index (χ1n) is 9.60. The molecule has 0 unspecified atom stereocenters. The number of benzene rings is 2. The van der Waals surface area contributed by atoms with Gasteiger partial charge in [-0.2, -0.15) is 0 Å². The molecule has 0 aliphatic heterocycles. The van der Waals surface area contributed by atoms with E-state index in [1.807, 2.05) is 28.8 Å². The van der Waals surface area contributed by atoms with Crippen molar-refractivity contribution in [1.29, 1.82) is 0 Å². The largest absolute Gasteiger partial charge is 0.326 e. The minimum Gasteiger partial charge on any atom is -0.326 e. The molecule has 0 saturated heterocycles. The van der Waals surface area contributed by atoms with Crippen LogP contribution in [0.5, 0.6) is 0 Å². The lowest BCUT2D eigenvalue weighted by molar-refractivity contribution is -0.0471.